The predicted molar refractivity (Wildman–Crippen MR) is 227 cm³/mol. The van der Waals surface area contributed by atoms with E-state index in [-0.39, 0.29) is 5.41 Å². The quantitative estimate of drug-likeness (QED) is 0.164. The molecule has 2 aliphatic carbocycles. The molecule has 280 valence electrons. The molecule has 2 aliphatic rings. The lowest BCUT2D eigenvalue weighted by Gasteiger charge is -2.32. The van der Waals surface area contributed by atoms with Gasteiger partial charge in [-0.05, 0) is 133 Å². The second-order valence-corrected chi connectivity index (χ2v) is 17.3. The van der Waals surface area contributed by atoms with Crippen molar-refractivity contribution >= 4 is 21.8 Å². The summed E-state index contributed by atoms with van der Waals surface area (Å²) in [6, 6.07) is 30.2. The number of para-hydroxylation sites is 1. The SMILES string of the molecule is Cc1cc(C)c(C2CCCCC2)c(-c2cnn(-c3cccc(Oc4ccc5c6ccccc6n(-c6cc(C(C)(C)C)ccn6)c5c4)c3)c2)c1C1CCCCC1. The maximum atomic E-state index is 6.66. The fourth-order valence-electron chi connectivity index (χ4n) is 9.85. The van der Waals surface area contributed by atoms with E-state index in [1.54, 1.807) is 11.1 Å². The molecule has 0 saturated heterocycles. The zero-order chi connectivity index (χ0) is 37.7. The Hall–Kier alpha value is -5.16. The van der Waals surface area contributed by atoms with Gasteiger partial charge >= 0.3 is 0 Å². The first-order valence-electron chi connectivity index (χ1n) is 20.7. The molecule has 0 spiro atoms. The molecule has 0 amide bonds. The van der Waals surface area contributed by atoms with Crippen LogP contribution in [0.2, 0.25) is 0 Å². The highest BCUT2D eigenvalue weighted by molar-refractivity contribution is 6.09. The van der Waals surface area contributed by atoms with Gasteiger partial charge in [0.15, 0.2) is 0 Å². The normalized spacial score (nSPS) is 15.9. The van der Waals surface area contributed by atoms with Gasteiger partial charge in [0, 0.05) is 40.9 Å². The Morgan fingerprint density at radius 1 is 0.655 bits per heavy atom. The molecule has 2 saturated carbocycles. The minimum absolute atomic E-state index is 0.0133. The Morgan fingerprint density at radius 2 is 1.33 bits per heavy atom. The number of aromatic nitrogens is 4. The molecule has 3 aromatic heterocycles. The highest BCUT2D eigenvalue weighted by Crippen LogP contribution is 2.47. The van der Waals surface area contributed by atoms with Crippen molar-refractivity contribution in [2.45, 2.75) is 116 Å². The third-order valence-electron chi connectivity index (χ3n) is 12.5. The van der Waals surface area contributed by atoms with Crippen molar-refractivity contribution in [3.63, 3.8) is 0 Å². The topological polar surface area (TPSA) is 44.9 Å². The second-order valence-electron chi connectivity index (χ2n) is 17.3. The maximum Gasteiger partial charge on any atom is 0.137 e. The standard InChI is InChI=1S/C50H54N4O/c1-33-27-34(2)48(36-17-10-7-11-18-36)49(47(33)35-15-8-6-9-16-35)37-31-52-53(32-37)39-19-14-20-40(29-39)55-41-23-24-43-42-21-12-13-22-44(42)54(45(43)30-41)46-28-38(25-26-51-46)50(3,4)5/h12-14,19-32,35-36H,6-11,15-18H2,1-5H3. The van der Waals surface area contributed by atoms with Gasteiger partial charge in [0.1, 0.15) is 17.3 Å². The van der Waals surface area contributed by atoms with Crippen LogP contribution in [0.1, 0.15) is 125 Å². The highest BCUT2D eigenvalue weighted by atomic mass is 16.5. The molecule has 0 atom stereocenters. The van der Waals surface area contributed by atoms with Crippen molar-refractivity contribution in [3.05, 3.63) is 131 Å². The summed E-state index contributed by atoms with van der Waals surface area (Å²) < 4.78 is 11.0. The van der Waals surface area contributed by atoms with Crippen LogP contribution in [-0.2, 0) is 5.41 Å². The van der Waals surface area contributed by atoms with Crippen molar-refractivity contribution in [2.24, 2.45) is 0 Å². The monoisotopic (exact) mass is 726 g/mol. The molecule has 5 nitrogen and oxygen atoms in total. The van der Waals surface area contributed by atoms with E-state index in [0.717, 1.165) is 34.0 Å². The van der Waals surface area contributed by atoms with Crippen molar-refractivity contribution in [1.29, 1.82) is 0 Å². The van der Waals surface area contributed by atoms with Gasteiger partial charge in [-0.2, -0.15) is 5.10 Å². The molecule has 55 heavy (non-hydrogen) atoms. The van der Waals surface area contributed by atoms with Gasteiger partial charge in [0.05, 0.1) is 22.9 Å². The minimum atomic E-state index is 0.0133. The second kappa shape index (κ2) is 14.5. The fraction of sp³-hybridized carbons (Fsp3) is 0.360. The third kappa shape index (κ3) is 6.77. The summed E-state index contributed by atoms with van der Waals surface area (Å²) in [6.07, 6.45) is 19.5. The molecule has 3 heterocycles. The highest BCUT2D eigenvalue weighted by Gasteiger charge is 2.29. The average molecular weight is 727 g/mol. The number of hydrogen-bond donors (Lipinski definition) is 0. The summed E-state index contributed by atoms with van der Waals surface area (Å²) >= 11 is 0. The molecule has 7 aromatic rings. The van der Waals surface area contributed by atoms with E-state index < -0.39 is 0 Å². The first-order chi connectivity index (χ1) is 26.7. The minimum Gasteiger partial charge on any atom is -0.457 e. The number of ether oxygens (including phenoxy) is 1. The summed E-state index contributed by atoms with van der Waals surface area (Å²) in [5.41, 5.74) is 13.3. The number of rotatable bonds is 7. The predicted octanol–water partition coefficient (Wildman–Crippen LogP) is 13.8. The van der Waals surface area contributed by atoms with Crippen LogP contribution < -0.4 is 4.74 Å². The van der Waals surface area contributed by atoms with E-state index in [4.69, 9.17) is 14.8 Å². The molecular formula is C50H54N4O. The smallest absolute Gasteiger partial charge is 0.137 e. The van der Waals surface area contributed by atoms with Gasteiger partial charge in [-0.3, -0.25) is 4.57 Å². The number of benzene rings is 4. The van der Waals surface area contributed by atoms with Crippen LogP contribution in [0.5, 0.6) is 11.5 Å². The third-order valence-corrected chi connectivity index (χ3v) is 12.5. The summed E-state index contributed by atoms with van der Waals surface area (Å²) in [5.74, 6) is 3.73. The van der Waals surface area contributed by atoms with Crippen molar-refractivity contribution < 1.29 is 4.74 Å². The first kappa shape index (κ1) is 35.5. The number of hydrogen-bond acceptors (Lipinski definition) is 3. The Bertz CT molecular complexity index is 2460. The number of pyridine rings is 1. The Kier molecular flexibility index (Phi) is 9.36. The van der Waals surface area contributed by atoms with Gasteiger partial charge < -0.3 is 4.74 Å². The van der Waals surface area contributed by atoms with E-state index in [9.17, 15) is 0 Å². The molecule has 5 heteroatoms. The van der Waals surface area contributed by atoms with E-state index in [1.807, 2.05) is 16.9 Å². The van der Waals surface area contributed by atoms with E-state index in [1.165, 1.54) is 103 Å². The molecule has 9 rings (SSSR count). The average Bonchev–Trinajstić information content (AvgIpc) is 3.82. The zero-order valence-electron chi connectivity index (χ0n) is 33.2. The summed E-state index contributed by atoms with van der Waals surface area (Å²) in [7, 11) is 0. The lowest BCUT2D eigenvalue weighted by atomic mass is 9.72. The van der Waals surface area contributed by atoms with Crippen molar-refractivity contribution in [2.75, 3.05) is 0 Å². The van der Waals surface area contributed by atoms with Crippen LogP contribution in [-0.4, -0.2) is 19.3 Å². The molecular weight excluding hydrogens is 673 g/mol. The van der Waals surface area contributed by atoms with Gasteiger partial charge in [0.2, 0.25) is 0 Å². The maximum absolute atomic E-state index is 6.66. The lowest BCUT2D eigenvalue weighted by molar-refractivity contribution is 0.435. The van der Waals surface area contributed by atoms with Crippen LogP contribution in [0.25, 0.3) is 44.4 Å². The first-order valence-corrected chi connectivity index (χ1v) is 20.7. The molecule has 0 bridgehead atoms. The van der Waals surface area contributed by atoms with Crippen molar-refractivity contribution in [1.82, 2.24) is 19.3 Å². The van der Waals surface area contributed by atoms with Gasteiger partial charge in [0.25, 0.3) is 0 Å². The molecule has 0 N–H and O–H groups in total. The number of fused-ring (bicyclic) bond motifs is 3. The Morgan fingerprint density at radius 3 is 2.04 bits per heavy atom. The largest absolute Gasteiger partial charge is 0.457 e. The fourth-order valence-corrected chi connectivity index (χ4v) is 9.85. The summed E-state index contributed by atoms with van der Waals surface area (Å²) in [4.78, 5) is 4.86. The van der Waals surface area contributed by atoms with Gasteiger partial charge in [-0.15, -0.1) is 0 Å². The number of nitrogens with zero attached hydrogens (tertiary/aromatic N) is 4. The summed E-state index contributed by atoms with van der Waals surface area (Å²) in [5, 5.41) is 7.40. The number of aryl methyl sites for hydroxylation is 2. The van der Waals surface area contributed by atoms with Crippen LogP contribution >= 0.6 is 0 Å². The van der Waals surface area contributed by atoms with Crippen LogP contribution in [0, 0.1) is 13.8 Å². The van der Waals surface area contributed by atoms with Crippen LogP contribution in [0.3, 0.4) is 0 Å². The van der Waals surface area contributed by atoms with Crippen LogP contribution in [0.15, 0.2) is 104 Å². The van der Waals surface area contributed by atoms with Crippen molar-refractivity contribution in [3.8, 4) is 34.1 Å². The van der Waals surface area contributed by atoms with E-state index in [2.05, 4.69) is 130 Å². The Labute approximate surface area is 326 Å². The Balaban J connectivity index is 1.08. The molecule has 2 fully saturated rings. The zero-order valence-corrected chi connectivity index (χ0v) is 33.2. The van der Waals surface area contributed by atoms with Gasteiger partial charge in [-0.25, -0.2) is 9.67 Å². The molecule has 0 unspecified atom stereocenters. The van der Waals surface area contributed by atoms with Crippen LogP contribution in [0.4, 0.5) is 0 Å². The van der Waals surface area contributed by atoms with E-state index >= 15 is 0 Å². The summed E-state index contributed by atoms with van der Waals surface area (Å²) in [6.45, 7) is 11.4. The van der Waals surface area contributed by atoms with E-state index in [0.29, 0.717) is 11.8 Å². The lowest BCUT2D eigenvalue weighted by Crippen LogP contribution is -2.14. The molecule has 4 aromatic carbocycles. The molecule has 0 aliphatic heterocycles. The van der Waals surface area contributed by atoms with Gasteiger partial charge in [-0.1, -0.05) is 89.6 Å². The molecule has 0 radical (unpaired) electrons.